The second-order valence-electron chi connectivity index (χ2n) is 1.58. The molecule has 0 N–H and O–H groups in total. The lowest BCUT2D eigenvalue weighted by atomic mass is 10.2. The first-order valence-electron chi connectivity index (χ1n) is 2.39. The van der Waals surface area contributed by atoms with Crippen LogP contribution in [-0.2, 0) is 4.84 Å². The van der Waals surface area contributed by atoms with Crippen LogP contribution in [0.15, 0.2) is 5.16 Å². The summed E-state index contributed by atoms with van der Waals surface area (Å²) in [6, 6.07) is 3.64. The Morgan fingerprint density at radius 2 is 2.44 bits per heavy atom. The quantitative estimate of drug-likeness (QED) is 0.459. The van der Waals surface area contributed by atoms with Crippen molar-refractivity contribution in [2.75, 3.05) is 0 Å². The van der Waals surface area contributed by atoms with Gasteiger partial charge in [0, 0.05) is 0 Å². The van der Waals surface area contributed by atoms with Gasteiger partial charge in [-0.15, -0.1) is 0 Å². The van der Waals surface area contributed by atoms with Crippen molar-refractivity contribution in [2.24, 2.45) is 5.16 Å². The molecule has 4 heteroatoms. The van der Waals surface area contributed by atoms with Gasteiger partial charge in [0.2, 0.25) is 6.10 Å². The largest absolute Gasteiger partial charge is 0.376 e. The Bertz CT molecular complexity index is 219. The van der Waals surface area contributed by atoms with E-state index in [4.69, 9.17) is 10.5 Å². The highest BCUT2D eigenvalue weighted by Gasteiger charge is 2.19. The van der Waals surface area contributed by atoms with E-state index >= 15 is 0 Å². The molecule has 0 aromatic rings. The Labute approximate surface area is 51.9 Å². The van der Waals surface area contributed by atoms with Gasteiger partial charge in [-0.05, 0) is 0 Å². The molecule has 1 heterocycles. The lowest BCUT2D eigenvalue weighted by Gasteiger charge is -1.90. The van der Waals surface area contributed by atoms with E-state index in [1.807, 2.05) is 6.07 Å². The molecular formula is C5H3N3O. The van der Waals surface area contributed by atoms with Crippen molar-refractivity contribution >= 4 is 5.71 Å². The molecule has 0 fully saturated rings. The van der Waals surface area contributed by atoms with E-state index < -0.39 is 6.10 Å². The number of nitriles is 2. The highest BCUT2D eigenvalue weighted by Crippen LogP contribution is 2.07. The summed E-state index contributed by atoms with van der Waals surface area (Å²) in [5, 5.41) is 19.8. The second-order valence-corrected chi connectivity index (χ2v) is 1.58. The first kappa shape index (κ1) is 5.58. The van der Waals surface area contributed by atoms with Crippen molar-refractivity contribution < 1.29 is 4.84 Å². The maximum atomic E-state index is 8.22. The fourth-order valence-corrected chi connectivity index (χ4v) is 0.513. The zero-order chi connectivity index (χ0) is 6.69. The van der Waals surface area contributed by atoms with E-state index in [0.717, 1.165) is 0 Å². The van der Waals surface area contributed by atoms with Gasteiger partial charge in [-0.1, -0.05) is 5.16 Å². The summed E-state index contributed by atoms with van der Waals surface area (Å²) in [5.41, 5.74) is 0.293. The Morgan fingerprint density at radius 3 is 2.78 bits per heavy atom. The van der Waals surface area contributed by atoms with Crippen LogP contribution in [-0.4, -0.2) is 11.8 Å². The summed E-state index contributed by atoms with van der Waals surface area (Å²) in [6.45, 7) is 0. The third kappa shape index (κ3) is 0.974. The van der Waals surface area contributed by atoms with Crippen molar-refractivity contribution in [3.8, 4) is 12.1 Å². The normalized spacial score (nSPS) is 23.3. The standard InChI is InChI=1S/C5H3N3O/c6-2-4-1-5(3-7)9-8-4/h5H,1H2. The van der Waals surface area contributed by atoms with Gasteiger partial charge in [0.1, 0.15) is 12.1 Å². The van der Waals surface area contributed by atoms with E-state index in [1.165, 1.54) is 0 Å². The van der Waals surface area contributed by atoms with Gasteiger partial charge in [-0.3, -0.25) is 0 Å². The van der Waals surface area contributed by atoms with Gasteiger partial charge in [0.25, 0.3) is 0 Å². The lowest BCUT2D eigenvalue weighted by molar-refractivity contribution is 0.125. The molecule has 0 aromatic carbocycles. The summed E-state index contributed by atoms with van der Waals surface area (Å²) >= 11 is 0. The summed E-state index contributed by atoms with van der Waals surface area (Å²) in [5.74, 6) is 0. The summed E-state index contributed by atoms with van der Waals surface area (Å²) in [7, 11) is 0. The van der Waals surface area contributed by atoms with Gasteiger partial charge < -0.3 is 4.84 Å². The summed E-state index contributed by atoms with van der Waals surface area (Å²) in [6.07, 6.45) is -0.216. The molecule has 1 rings (SSSR count). The molecule has 0 spiro atoms. The van der Waals surface area contributed by atoms with E-state index in [-0.39, 0.29) is 0 Å². The van der Waals surface area contributed by atoms with Crippen molar-refractivity contribution in [1.82, 2.24) is 0 Å². The minimum absolute atomic E-state index is 0.293. The Morgan fingerprint density at radius 1 is 1.67 bits per heavy atom. The van der Waals surface area contributed by atoms with Crippen LogP contribution in [0.3, 0.4) is 0 Å². The van der Waals surface area contributed by atoms with Crippen molar-refractivity contribution in [1.29, 1.82) is 10.5 Å². The molecule has 9 heavy (non-hydrogen) atoms. The van der Waals surface area contributed by atoms with Gasteiger partial charge in [-0.2, -0.15) is 10.5 Å². The Kier molecular flexibility index (Phi) is 1.33. The van der Waals surface area contributed by atoms with Crippen LogP contribution < -0.4 is 0 Å². The van der Waals surface area contributed by atoms with Gasteiger partial charge >= 0.3 is 0 Å². The molecule has 0 aliphatic carbocycles. The molecular weight excluding hydrogens is 118 g/mol. The molecule has 0 bridgehead atoms. The SMILES string of the molecule is N#CC1=NOC(C#N)C1. The second kappa shape index (κ2) is 2.15. The van der Waals surface area contributed by atoms with Gasteiger partial charge in [0.15, 0.2) is 5.71 Å². The van der Waals surface area contributed by atoms with Crippen LogP contribution in [0.1, 0.15) is 6.42 Å². The molecule has 0 amide bonds. The molecule has 0 saturated heterocycles. The van der Waals surface area contributed by atoms with E-state index in [2.05, 4.69) is 9.99 Å². The zero-order valence-corrected chi connectivity index (χ0v) is 4.53. The number of nitrogens with zero attached hydrogens (tertiary/aromatic N) is 3. The van der Waals surface area contributed by atoms with Crippen LogP contribution in [0.5, 0.6) is 0 Å². The zero-order valence-electron chi connectivity index (χ0n) is 4.53. The molecule has 1 aliphatic rings. The maximum absolute atomic E-state index is 8.22. The molecule has 0 aromatic heterocycles. The van der Waals surface area contributed by atoms with Crippen LogP contribution >= 0.6 is 0 Å². The molecule has 1 unspecified atom stereocenters. The minimum atomic E-state index is -0.542. The van der Waals surface area contributed by atoms with Gasteiger partial charge in [0.05, 0.1) is 6.42 Å². The van der Waals surface area contributed by atoms with E-state index in [0.29, 0.717) is 12.1 Å². The van der Waals surface area contributed by atoms with Crippen LogP contribution in [0, 0.1) is 22.7 Å². The number of hydrogen-bond acceptors (Lipinski definition) is 4. The summed E-state index contributed by atoms with van der Waals surface area (Å²) < 4.78 is 0. The van der Waals surface area contributed by atoms with Gasteiger partial charge in [-0.25, -0.2) is 0 Å². The lowest BCUT2D eigenvalue weighted by Crippen LogP contribution is -2.02. The topological polar surface area (TPSA) is 69.2 Å². The third-order valence-electron chi connectivity index (χ3n) is 0.942. The highest BCUT2D eigenvalue weighted by atomic mass is 16.6. The fraction of sp³-hybridized carbons (Fsp3) is 0.400. The van der Waals surface area contributed by atoms with Crippen molar-refractivity contribution in [2.45, 2.75) is 12.5 Å². The molecule has 44 valence electrons. The number of hydrogen-bond donors (Lipinski definition) is 0. The van der Waals surface area contributed by atoms with Crippen molar-refractivity contribution in [3.05, 3.63) is 0 Å². The monoisotopic (exact) mass is 121 g/mol. The van der Waals surface area contributed by atoms with Crippen molar-refractivity contribution in [3.63, 3.8) is 0 Å². The third-order valence-corrected chi connectivity index (χ3v) is 0.942. The molecule has 1 aliphatic heterocycles. The molecule has 1 atom stereocenters. The highest BCUT2D eigenvalue weighted by molar-refractivity contribution is 5.99. The first-order chi connectivity index (χ1) is 4.36. The summed E-state index contributed by atoms with van der Waals surface area (Å²) in [4.78, 5) is 4.51. The number of rotatable bonds is 0. The van der Waals surface area contributed by atoms with E-state index in [9.17, 15) is 0 Å². The van der Waals surface area contributed by atoms with Crippen LogP contribution in [0.25, 0.3) is 0 Å². The predicted molar refractivity (Wildman–Crippen MR) is 28.2 cm³/mol. The maximum Gasteiger partial charge on any atom is 0.219 e. The predicted octanol–water partition coefficient (Wildman–Crippen LogP) is 0.178. The smallest absolute Gasteiger partial charge is 0.219 e. The minimum Gasteiger partial charge on any atom is -0.376 e. The fourth-order valence-electron chi connectivity index (χ4n) is 0.513. The number of oxime groups is 1. The average Bonchev–Trinajstić information content (AvgIpc) is 2.34. The Hall–Kier alpha value is -1.55. The van der Waals surface area contributed by atoms with Crippen LogP contribution in [0.2, 0.25) is 0 Å². The molecule has 0 saturated carbocycles. The Balaban J connectivity index is 2.55. The molecule has 4 nitrogen and oxygen atoms in total. The first-order valence-corrected chi connectivity index (χ1v) is 2.39. The van der Waals surface area contributed by atoms with E-state index in [1.54, 1.807) is 6.07 Å². The molecule has 0 radical (unpaired) electrons. The van der Waals surface area contributed by atoms with Crippen LogP contribution in [0.4, 0.5) is 0 Å². The average molecular weight is 121 g/mol.